The maximum absolute atomic E-state index is 9.55. The van der Waals surface area contributed by atoms with Crippen LogP contribution in [-0.4, -0.2) is 67.3 Å². The highest BCUT2D eigenvalue weighted by molar-refractivity contribution is 7.80. The minimum absolute atomic E-state index is 0.137. The van der Waals surface area contributed by atoms with E-state index in [0.717, 1.165) is 65.1 Å². The predicted octanol–water partition coefficient (Wildman–Crippen LogP) is 6.98. The number of pyridine rings is 2. The Kier molecular flexibility index (Phi) is 8.46. The summed E-state index contributed by atoms with van der Waals surface area (Å²) in [7, 11) is -1.19. The third-order valence-electron chi connectivity index (χ3n) is 9.37. The fourth-order valence-electron chi connectivity index (χ4n) is 6.91. The lowest BCUT2D eigenvalue weighted by atomic mass is 9.98. The van der Waals surface area contributed by atoms with Crippen LogP contribution in [0.5, 0.6) is 0 Å². The monoisotopic (exact) mass is 649 g/mol. The van der Waals surface area contributed by atoms with E-state index in [9.17, 15) is 5.26 Å². The molecule has 236 valence electrons. The zero-order chi connectivity index (χ0) is 31.8. The molecular weight excluding hydrogens is 611 g/mol. The molecule has 0 radical (unpaired) electrons. The Bertz CT molecular complexity index is 1900. The molecule has 0 N–H and O–H groups in total. The van der Waals surface area contributed by atoms with Gasteiger partial charge in [-0.05, 0) is 73.3 Å². The van der Waals surface area contributed by atoms with Crippen molar-refractivity contribution < 1.29 is 9.47 Å². The van der Waals surface area contributed by atoms with E-state index in [2.05, 4.69) is 75.6 Å². The maximum Gasteiger partial charge on any atom is 0.284 e. The van der Waals surface area contributed by atoms with Crippen molar-refractivity contribution in [2.45, 2.75) is 82.8 Å². The first kappa shape index (κ1) is 30.7. The lowest BCUT2D eigenvalue weighted by Gasteiger charge is -2.38. The molecule has 2 unspecified atom stereocenters. The van der Waals surface area contributed by atoms with Gasteiger partial charge in [0.05, 0.1) is 11.7 Å². The molecule has 46 heavy (non-hydrogen) atoms. The van der Waals surface area contributed by atoms with Gasteiger partial charge in [0.2, 0.25) is 0 Å². The molecule has 2 atom stereocenters. The van der Waals surface area contributed by atoms with E-state index >= 15 is 0 Å². The summed E-state index contributed by atoms with van der Waals surface area (Å²) in [5.74, 6) is 0. The van der Waals surface area contributed by atoms with Crippen LogP contribution in [0.25, 0.3) is 33.1 Å². The first-order chi connectivity index (χ1) is 22.3. The number of hydrogen-bond acceptors (Lipinski definition) is 8. The Hall–Kier alpha value is -3.95. The van der Waals surface area contributed by atoms with Gasteiger partial charge in [0.25, 0.3) is 5.17 Å². The van der Waals surface area contributed by atoms with E-state index in [1.165, 1.54) is 18.4 Å². The van der Waals surface area contributed by atoms with Crippen LogP contribution in [0, 0.1) is 11.3 Å². The minimum atomic E-state index is -1.19. The van der Waals surface area contributed by atoms with E-state index < -0.39 is 8.07 Å². The average molecular weight is 650 g/mol. The molecule has 0 aliphatic carbocycles. The van der Waals surface area contributed by atoms with Gasteiger partial charge in [-0.25, -0.2) is 9.97 Å². The van der Waals surface area contributed by atoms with Crippen LogP contribution in [0.3, 0.4) is 0 Å². The Morgan fingerprint density at radius 1 is 1.02 bits per heavy atom. The highest BCUT2D eigenvalue weighted by Crippen LogP contribution is 2.38. The molecule has 2 aliphatic rings. The van der Waals surface area contributed by atoms with E-state index in [0.29, 0.717) is 29.7 Å². The third-order valence-corrected chi connectivity index (χ3v) is 11.4. The summed E-state index contributed by atoms with van der Waals surface area (Å²) in [6.07, 6.45) is 11.8. The van der Waals surface area contributed by atoms with Crippen LogP contribution in [0.15, 0.2) is 67.3 Å². The van der Waals surface area contributed by atoms with Crippen molar-refractivity contribution in [2.24, 2.45) is 0 Å². The molecule has 9 nitrogen and oxygen atoms in total. The van der Waals surface area contributed by atoms with E-state index in [-0.39, 0.29) is 6.10 Å². The summed E-state index contributed by atoms with van der Waals surface area (Å²) >= 11 is 5.47. The zero-order valence-corrected chi connectivity index (χ0v) is 28.4. The maximum atomic E-state index is 9.55. The average Bonchev–Trinajstić information content (AvgIpc) is 3.75. The topological polar surface area (TPSA) is 94.0 Å². The molecule has 2 fully saturated rings. The van der Waals surface area contributed by atoms with Crippen LogP contribution in [-0.2, 0) is 22.7 Å². The van der Waals surface area contributed by atoms with Crippen molar-refractivity contribution in [3.05, 3.63) is 78.5 Å². The van der Waals surface area contributed by atoms with Crippen molar-refractivity contribution in [1.82, 2.24) is 29.2 Å². The van der Waals surface area contributed by atoms with Crippen LogP contribution < -0.4 is 0 Å². The van der Waals surface area contributed by atoms with Gasteiger partial charge in [-0.1, -0.05) is 43.9 Å². The molecule has 0 spiro atoms. The molecular formula is C35H39N7O2SSi. The first-order valence-corrected chi connectivity index (χ1v) is 20.2. The third kappa shape index (κ3) is 6.35. The molecule has 0 amide bonds. The second kappa shape index (κ2) is 12.7. The van der Waals surface area contributed by atoms with Crippen molar-refractivity contribution in [1.29, 1.82) is 5.26 Å². The summed E-state index contributed by atoms with van der Waals surface area (Å²) in [5.41, 5.74) is 5.62. The summed E-state index contributed by atoms with van der Waals surface area (Å²) < 4.78 is 16.0. The van der Waals surface area contributed by atoms with Crippen LogP contribution in [0.4, 0.5) is 0 Å². The fourth-order valence-corrected chi connectivity index (χ4v) is 7.91. The van der Waals surface area contributed by atoms with Gasteiger partial charge in [-0.2, -0.15) is 15.0 Å². The molecule has 2 bridgehead atoms. The van der Waals surface area contributed by atoms with Gasteiger partial charge in [-0.3, -0.25) is 9.47 Å². The van der Waals surface area contributed by atoms with Crippen molar-refractivity contribution in [2.75, 3.05) is 6.61 Å². The number of nitrogens with zero attached hydrogens (tertiary/aromatic N) is 7. The highest BCUT2D eigenvalue weighted by atomic mass is 32.1. The Balaban J connectivity index is 1.06. The quantitative estimate of drug-likeness (QED) is 0.0960. The number of aromatic nitrogens is 5. The Labute approximate surface area is 275 Å². The van der Waals surface area contributed by atoms with Gasteiger partial charge in [-0.15, -0.1) is 0 Å². The Morgan fingerprint density at radius 3 is 2.50 bits per heavy atom. The van der Waals surface area contributed by atoms with Gasteiger partial charge >= 0.3 is 0 Å². The number of piperidine rings is 1. The van der Waals surface area contributed by atoms with Gasteiger partial charge in [0.1, 0.15) is 30.2 Å². The van der Waals surface area contributed by atoms with Crippen LogP contribution in [0.2, 0.25) is 25.7 Å². The summed E-state index contributed by atoms with van der Waals surface area (Å²) in [6, 6.07) is 19.0. The summed E-state index contributed by atoms with van der Waals surface area (Å²) in [4.78, 5) is 11.9. The molecule has 6 heterocycles. The van der Waals surface area contributed by atoms with Gasteiger partial charge in [0, 0.05) is 68.2 Å². The summed E-state index contributed by atoms with van der Waals surface area (Å²) in [5, 5.41) is 16.2. The predicted molar refractivity (Wildman–Crippen MR) is 186 cm³/mol. The lowest BCUT2D eigenvalue weighted by Crippen LogP contribution is -2.45. The first-order valence-electron chi connectivity index (χ1n) is 16.1. The van der Waals surface area contributed by atoms with Crippen molar-refractivity contribution in [3.8, 4) is 17.2 Å². The smallest absolute Gasteiger partial charge is 0.284 e. The van der Waals surface area contributed by atoms with Gasteiger partial charge < -0.3 is 9.47 Å². The lowest BCUT2D eigenvalue weighted by molar-refractivity contribution is 0.0374. The molecule has 11 heteroatoms. The molecule has 4 aromatic heterocycles. The molecule has 1 aromatic carbocycles. The standard InChI is InChI=1S/C35H39N7O2SSi/c1-46(2,3)14-13-43-23-41-33-21-37-27(19-36)16-31(33)32-15-26(20-38-34(32)41)25-7-5-24(6-8-25)22-40-28-9-10-29(40)18-30(17-28)44-35(45)42-12-4-11-39-42/h4-8,11-12,15-16,20-21,28-30H,9-10,13-14,17-18,22-23H2,1-3H3. The minimum Gasteiger partial charge on any atom is -0.466 e. The number of fused-ring (bicyclic) bond motifs is 5. The number of rotatable bonds is 9. The Morgan fingerprint density at radius 2 is 1.80 bits per heavy atom. The van der Waals surface area contributed by atoms with Gasteiger partial charge in [0.15, 0.2) is 0 Å². The van der Waals surface area contributed by atoms with E-state index in [1.54, 1.807) is 17.1 Å². The number of thiocarbonyl (C=S) groups is 1. The normalized spacial score (nSPS) is 19.9. The second-order valence-corrected chi connectivity index (χ2v) is 19.7. The molecule has 2 saturated heterocycles. The number of benzene rings is 1. The number of hydrogen-bond donors (Lipinski definition) is 0. The molecule has 2 aliphatic heterocycles. The van der Waals surface area contributed by atoms with Crippen molar-refractivity contribution in [3.63, 3.8) is 0 Å². The number of ether oxygens (including phenoxy) is 2. The molecule has 7 rings (SSSR count). The van der Waals surface area contributed by atoms with E-state index in [1.807, 2.05) is 24.5 Å². The summed E-state index contributed by atoms with van der Waals surface area (Å²) in [6.45, 7) is 9.11. The van der Waals surface area contributed by atoms with Crippen LogP contribution >= 0.6 is 12.2 Å². The SMILES string of the molecule is C[Si](C)(C)CCOCn1c2cnc(C#N)cc2c2cc(-c3ccc(CN4C5CCC4CC(OC(=S)n4cccn4)C5)cc3)cnc21. The van der Waals surface area contributed by atoms with Crippen molar-refractivity contribution >= 4 is 47.4 Å². The second-order valence-electron chi connectivity index (χ2n) is 13.8. The zero-order valence-electron chi connectivity index (χ0n) is 26.6. The largest absolute Gasteiger partial charge is 0.466 e. The molecule has 5 aromatic rings. The van der Waals surface area contributed by atoms with Crippen LogP contribution in [0.1, 0.15) is 36.9 Å². The number of nitriles is 1. The highest BCUT2D eigenvalue weighted by Gasteiger charge is 2.41. The fraction of sp³-hybridized carbons (Fsp3) is 0.400. The molecule has 0 saturated carbocycles. The van der Waals surface area contributed by atoms with E-state index in [4.69, 9.17) is 26.7 Å².